The fraction of sp³-hybridized carbons (Fsp3) is 0.118. The fourth-order valence-corrected chi connectivity index (χ4v) is 2.26. The molecule has 0 unspecified atom stereocenters. The fourth-order valence-electron chi connectivity index (χ4n) is 2.26. The van der Waals surface area contributed by atoms with Gasteiger partial charge < -0.3 is 0 Å². The van der Waals surface area contributed by atoms with Crippen molar-refractivity contribution in [3.05, 3.63) is 78.0 Å². The summed E-state index contributed by atoms with van der Waals surface area (Å²) in [4.78, 5) is 4.61. The molecule has 1 heteroatoms. The Balaban J connectivity index is 1.88. The Hall–Kier alpha value is -2.15. The number of rotatable bonds is 2. The quantitative estimate of drug-likeness (QED) is 0.733. The Morgan fingerprint density at radius 3 is 1.83 bits per heavy atom. The van der Waals surface area contributed by atoms with Crippen molar-refractivity contribution in [1.82, 2.24) is 0 Å². The van der Waals surface area contributed by atoms with Crippen LogP contribution in [0, 0.1) is 0 Å². The van der Waals surface area contributed by atoms with E-state index in [0.717, 1.165) is 12.8 Å². The molecule has 0 bridgehead atoms. The molecule has 1 nitrogen and oxygen atoms in total. The summed E-state index contributed by atoms with van der Waals surface area (Å²) in [7, 11) is 0. The number of hydrogen-bond donors (Lipinski definition) is 0. The van der Waals surface area contributed by atoms with E-state index < -0.39 is 0 Å². The van der Waals surface area contributed by atoms with Crippen LogP contribution in [0.3, 0.4) is 0 Å². The molecule has 18 heavy (non-hydrogen) atoms. The number of aliphatic imine (C=N–C) groups is 1. The largest absolute Gasteiger partial charge is 0.260 e. The average molecular weight is 233 g/mol. The first-order valence-electron chi connectivity index (χ1n) is 6.30. The van der Waals surface area contributed by atoms with E-state index in [4.69, 9.17) is 0 Å². The van der Waals surface area contributed by atoms with Crippen LogP contribution in [0.25, 0.3) is 5.57 Å². The molecule has 3 rings (SSSR count). The van der Waals surface area contributed by atoms with Gasteiger partial charge in [0.1, 0.15) is 0 Å². The molecule has 0 radical (unpaired) electrons. The second-order valence-corrected chi connectivity index (χ2v) is 4.46. The van der Waals surface area contributed by atoms with Crippen molar-refractivity contribution in [2.75, 3.05) is 0 Å². The monoisotopic (exact) mass is 233 g/mol. The van der Waals surface area contributed by atoms with Gasteiger partial charge in [-0.1, -0.05) is 60.7 Å². The van der Waals surface area contributed by atoms with Gasteiger partial charge in [-0.05, 0) is 29.5 Å². The van der Waals surface area contributed by atoms with Gasteiger partial charge in [0.15, 0.2) is 0 Å². The summed E-state index contributed by atoms with van der Waals surface area (Å²) in [6, 6.07) is 20.9. The predicted molar refractivity (Wildman–Crippen MR) is 76.6 cm³/mol. The van der Waals surface area contributed by atoms with Gasteiger partial charge in [-0.3, -0.25) is 4.99 Å². The molecule has 0 aliphatic carbocycles. The van der Waals surface area contributed by atoms with Crippen LogP contribution in [0.1, 0.15) is 24.0 Å². The smallest absolute Gasteiger partial charge is 0.0479 e. The van der Waals surface area contributed by atoms with E-state index in [0.29, 0.717) is 0 Å². The Morgan fingerprint density at radius 1 is 0.667 bits per heavy atom. The average Bonchev–Trinajstić information content (AvgIpc) is 2.49. The van der Waals surface area contributed by atoms with Crippen molar-refractivity contribution in [2.45, 2.75) is 12.8 Å². The minimum Gasteiger partial charge on any atom is -0.260 e. The van der Waals surface area contributed by atoms with Gasteiger partial charge in [0, 0.05) is 11.9 Å². The van der Waals surface area contributed by atoms with Crippen molar-refractivity contribution in [3.8, 4) is 0 Å². The maximum atomic E-state index is 4.61. The van der Waals surface area contributed by atoms with Gasteiger partial charge in [-0.25, -0.2) is 0 Å². The number of allylic oxidation sites excluding steroid dienone is 1. The van der Waals surface area contributed by atoms with E-state index >= 15 is 0 Å². The van der Waals surface area contributed by atoms with Crippen LogP contribution < -0.4 is 0 Å². The van der Waals surface area contributed by atoms with E-state index in [9.17, 15) is 0 Å². The Bertz CT molecular complexity index is 524. The SMILES string of the molecule is C1=C(c2ccccc2)CCC(c2ccccc2)=N1. The summed E-state index contributed by atoms with van der Waals surface area (Å²) in [5.41, 5.74) is 5.04. The molecule has 0 N–H and O–H groups in total. The van der Waals surface area contributed by atoms with Gasteiger partial charge in [-0.15, -0.1) is 0 Å². The van der Waals surface area contributed by atoms with Crippen molar-refractivity contribution in [2.24, 2.45) is 4.99 Å². The molecule has 0 aromatic heterocycles. The van der Waals surface area contributed by atoms with Gasteiger partial charge in [0.2, 0.25) is 0 Å². The minimum atomic E-state index is 1.02. The number of hydrogen-bond acceptors (Lipinski definition) is 1. The normalized spacial score (nSPS) is 14.9. The molecule has 0 spiro atoms. The third-order valence-corrected chi connectivity index (χ3v) is 3.26. The molecular weight excluding hydrogens is 218 g/mol. The lowest BCUT2D eigenvalue weighted by atomic mass is 9.96. The molecule has 0 saturated carbocycles. The van der Waals surface area contributed by atoms with Crippen LogP contribution >= 0.6 is 0 Å². The molecule has 1 aliphatic rings. The Morgan fingerprint density at radius 2 is 1.28 bits per heavy atom. The Labute approximate surface area is 108 Å². The highest BCUT2D eigenvalue weighted by atomic mass is 14.7. The van der Waals surface area contributed by atoms with E-state index in [-0.39, 0.29) is 0 Å². The number of nitrogens with zero attached hydrogens (tertiary/aromatic N) is 1. The molecule has 0 fully saturated rings. The maximum absolute atomic E-state index is 4.61. The zero-order chi connectivity index (χ0) is 12.2. The lowest BCUT2D eigenvalue weighted by molar-refractivity contribution is 1.08. The summed E-state index contributed by atoms with van der Waals surface area (Å²) >= 11 is 0. The molecule has 0 amide bonds. The van der Waals surface area contributed by atoms with Crippen LogP contribution in [0.15, 0.2) is 71.9 Å². The molecule has 1 aliphatic heterocycles. The lowest BCUT2D eigenvalue weighted by Crippen LogP contribution is -2.04. The third-order valence-electron chi connectivity index (χ3n) is 3.26. The maximum Gasteiger partial charge on any atom is 0.0479 e. The first-order valence-corrected chi connectivity index (χ1v) is 6.30. The van der Waals surface area contributed by atoms with Crippen LogP contribution in [-0.4, -0.2) is 5.71 Å². The van der Waals surface area contributed by atoms with E-state index in [1.54, 1.807) is 0 Å². The highest BCUT2D eigenvalue weighted by Crippen LogP contribution is 2.25. The Kier molecular flexibility index (Phi) is 3.05. The van der Waals surface area contributed by atoms with Crippen LogP contribution in [-0.2, 0) is 0 Å². The van der Waals surface area contributed by atoms with E-state index in [1.165, 1.54) is 22.4 Å². The molecule has 1 heterocycles. The topological polar surface area (TPSA) is 12.4 Å². The zero-order valence-electron chi connectivity index (χ0n) is 10.2. The molecule has 2 aromatic carbocycles. The standard InChI is InChI=1S/C17H15N/c1-3-7-14(8-4-1)16-11-12-17(18-13-16)15-9-5-2-6-10-15/h1-10,13H,11-12H2. The number of benzene rings is 2. The minimum absolute atomic E-state index is 1.02. The summed E-state index contributed by atoms with van der Waals surface area (Å²) in [6.45, 7) is 0. The van der Waals surface area contributed by atoms with Crippen molar-refractivity contribution >= 4 is 11.3 Å². The second-order valence-electron chi connectivity index (χ2n) is 4.46. The first kappa shape index (κ1) is 11.0. The van der Waals surface area contributed by atoms with Crippen molar-refractivity contribution in [3.63, 3.8) is 0 Å². The highest BCUT2D eigenvalue weighted by Gasteiger charge is 2.10. The van der Waals surface area contributed by atoms with Crippen molar-refractivity contribution in [1.29, 1.82) is 0 Å². The van der Waals surface area contributed by atoms with Crippen LogP contribution in [0.5, 0.6) is 0 Å². The second kappa shape index (κ2) is 5.01. The van der Waals surface area contributed by atoms with Gasteiger partial charge in [0.05, 0.1) is 0 Å². The zero-order valence-corrected chi connectivity index (χ0v) is 10.2. The van der Waals surface area contributed by atoms with Crippen molar-refractivity contribution < 1.29 is 0 Å². The molecule has 88 valence electrons. The van der Waals surface area contributed by atoms with Gasteiger partial charge in [-0.2, -0.15) is 0 Å². The summed E-state index contributed by atoms with van der Waals surface area (Å²) in [5, 5.41) is 0. The van der Waals surface area contributed by atoms with Crippen LogP contribution in [0.4, 0.5) is 0 Å². The molecule has 0 saturated heterocycles. The lowest BCUT2D eigenvalue weighted by Gasteiger charge is -2.14. The van der Waals surface area contributed by atoms with Gasteiger partial charge >= 0.3 is 0 Å². The predicted octanol–water partition coefficient (Wildman–Crippen LogP) is 4.31. The summed E-state index contributed by atoms with van der Waals surface area (Å²) in [5.74, 6) is 0. The van der Waals surface area contributed by atoms with Gasteiger partial charge in [0.25, 0.3) is 0 Å². The highest BCUT2D eigenvalue weighted by molar-refractivity contribution is 6.02. The summed E-state index contributed by atoms with van der Waals surface area (Å²) < 4.78 is 0. The molecule has 2 aromatic rings. The third kappa shape index (κ3) is 2.25. The van der Waals surface area contributed by atoms with E-state index in [2.05, 4.69) is 53.5 Å². The van der Waals surface area contributed by atoms with E-state index in [1.807, 2.05) is 18.3 Å². The summed E-state index contributed by atoms with van der Waals surface area (Å²) in [6.07, 6.45) is 4.10. The first-order chi connectivity index (χ1) is 8.93. The molecular formula is C17H15N. The molecule has 0 atom stereocenters. The van der Waals surface area contributed by atoms with Crippen LogP contribution in [0.2, 0.25) is 0 Å².